The molecule has 0 unspecified atom stereocenters. The van der Waals surface area contributed by atoms with Gasteiger partial charge in [0, 0.05) is 0 Å². The second kappa shape index (κ2) is 4.98. The van der Waals surface area contributed by atoms with Crippen LogP contribution >= 0.6 is 0 Å². The standard InChI is InChI=1S/C16H17NO4/c1-9-2-7-12-13(8-9)15(19)17(14(12)18)11-5-3-10(4-6-11)16(20)21/h3-6,9,12-13H,2,7-8H2,1H3,(H,20,21)/t9-,12-,13+/m0/s1. The molecule has 2 aliphatic rings. The molecule has 1 aliphatic carbocycles. The Kier molecular flexibility index (Phi) is 3.27. The van der Waals surface area contributed by atoms with Gasteiger partial charge in [0.15, 0.2) is 0 Å². The molecule has 1 saturated heterocycles. The highest BCUT2D eigenvalue weighted by Gasteiger charge is 2.49. The second-order valence-electron chi connectivity index (χ2n) is 6.00. The molecule has 1 aromatic rings. The summed E-state index contributed by atoms with van der Waals surface area (Å²) in [6, 6.07) is 5.89. The van der Waals surface area contributed by atoms with Crippen molar-refractivity contribution in [2.45, 2.75) is 26.2 Å². The molecule has 1 aliphatic heterocycles. The fraction of sp³-hybridized carbons (Fsp3) is 0.438. The van der Waals surface area contributed by atoms with Gasteiger partial charge < -0.3 is 5.11 Å². The van der Waals surface area contributed by atoms with Gasteiger partial charge in [-0.1, -0.05) is 6.92 Å². The fourth-order valence-corrected chi connectivity index (χ4v) is 3.40. The van der Waals surface area contributed by atoms with Crippen molar-refractivity contribution in [3.63, 3.8) is 0 Å². The molecule has 1 heterocycles. The zero-order chi connectivity index (χ0) is 15.1. The number of carboxylic acids is 1. The molecule has 0 aromatic heterocycles. The summed E-state index contributed by atoms with van der Waals surface area (Å²) in [5.41, 5.74) is 0.612. The van der Waals surface area contributed by atoms with Crippen molar-refractivity contribution in [3.8, 4) is 0 Å². The minimum absolute atomic E-state index is 0.139. The molecule has 21 heavy (non-hydrogen) atoms. The molecule has 0 bridgehead atoms. The van der Waals surface area contributed by atoms with E-state index in [0.717, 1.165) is 19.3 Å². The van der Waals surface area contributed by atoms with Crippen LogP contribution in [-0.4, -0.2) is 22.9 Å². The molecule has 1 aromatic carbocycles. The van der Waals surface area contributed by atoms with E-state index in [1.165, 1.54) is 29.2 Å². The number of carboxylic acid groups (broad SMARTS) is 1. The van der Waals surface area contributed by atoms with Gasteiger partial charge in [-0.3, -0.25) is 14.5 Å². The van der Waals surface area contributed by atoms with Crippen molar-refractivity contribution in [1.29, 1.82) is 0 Å². The van der Waals surface area contributed by atoms with Crippen LogP contribution in [0.2, 0.25) is 0 Å². The van der Waals surface area contributed by atoms with Gasteiger partial charge >= 0.3 is 5.97 Å². The third kappa shape index (κ3) is 2.22. The van der Waals surface area contributed by atoms with Crippen LogP contribution < -0.4 is 4.90 Å². The van der Waals surface area contributed by atoms with E-state index in [0.29, 0.717) is 11.6 Å². The summed E-state index contributed by atoms with van der Waals surface area (Å²) in [6.45, 7) is 2.11. The molecule has 3 atom stereocenters. The smallest absolute Gasteiger partial charge is 0.335 e. The maximum atomic E-state index is 12.5. The third-order valence-corrected chi connectivity index (χ3v) is 4.56. The van der Waals surface area contributed by atoms with Crippen LogP contribution in [0.1, 0.15) is 36.5 Å². The first-order valence-corrected chi connectivity index (χ1v) is 7.20. The lowest BCUT2D eigenvalue weighted by molar-refractivity contribution is -0.122. The van der Waals surface area contributed by atoms with Crippen molar-refractivity contribution in [1.82, 2.24) is 0 Å². The van der Waals surface area contributed by atoms with E-state index in [2.05, 4.69) is 6.92 Å². The van der Waals surface area contributed by atoms with Gasteiger partial charge in [-0.25, -0.2) is 4.79 Å². The Morgan fingerprint density at radius 3 is 2.33 bits per heavy atom. The van der Waals surface area contributed by atoms with Crippen molar-refractivity contribution < 1.29 is 19.5 Å². The Morgan fingerprint density at radius 2 is 1.71 bits per heavy atom. The lowest BCUT2D eigenvalue weighted by Crippen LogP contribution is -2.30. The molecule has 3 rings (SSSR count). The van der Waals surface area contributed by atoms with Crippen LogP contribution in [-0.2, 0) is 9.59 Å². The zero-order valence-electron chi connectivity index (χ0n) is 11.8. The molecular formula is C16H17NO4. The van der Waals surface area contributed by atoms with Crippen molar-refractivity contribution in [3.05, 3.63) is 29.8 Å². The number of imide groups is 1. The number of hydrogen-bond donors (Lipinski definition) is 1. The van der Waals surface area contributed by atoms with Gasteiger partial charge in [0.05, 0.1) is 23.1 Å². The van der Waals surface area contributed by atoms with E-state index in [4.69, 9.17) is 5.11 Å². The number of carbonyl (C=O) groups is 3. The topological polar surface area (TPSA) is 74.7 Å². The van der Waals surface area contributed by atoms with E-state index in [1.54, 1.807) is 0 Å². The molecule has 1 saturated carbocycles. The number of anilines is 1. The Balaban J connectivity index is 1.90. The normalized spacial score (nSPS) is 28.6. The number of amides is 2. The van der Waals surface area contributed by atoms with Crippen molar-refractivity contribution >= 4 is 23.5 Å². The highest BCUT2D eigenvalue weighted by atomic mass is 16.4. The lowest BCUT2D eigenvalue weighted by Gasteiger charge is -2.25. The first-order chi connectivity index (χ1) is 9.99. The zero-order valence-corrected chi connectivity index (χ0v) is 11.8. The molecule has 110 valence electrons. The summed E-state index contributed by atoms with van der Waals surface area (Å²) >= 11 is 0. The quantitative estimate of drug-likeness (QED) is 0.847. The van der Waals surface area contributed by atoms with Gasteiger partial charge in [0.25, 0.3) is 0 Å². The summed E-state index contributed by atoms with van der Waals surface area (Å²) in [5, 5.41) is 8.90. The van der Waals surface area contributed by atoms with Crippen LogP contribution in [0.5, 0.6) is 0 Å². The minimum atomic E-state index is -1.02. The van der Waals surface area contributed by atoms with Crippen LogP contribution in [0.15, 0.2) is 24.3 Å². The van der Waals surface area contributed by atoms with E-state index < -0.39 is 5.97 Å². The van der Waals surface area contributed by atoms with Crippen LogP contribution in [0.3, 0.4) is 0 Å². The largest absolute Gasteiger partial charge is 0.478 e. The first-order valence-electron chi connectivity index (χ1n) is 7.20. The Bertz CT molecular complexity index is 607. The van der Waals surface area contributed by atoms with Gasteiger partial charge in [-0.2, -0.15) is 0 Å². The number of hydrogen-bond acceptors (Lipinski definition) is 3. The van der Waals surface area contributed by atoms with E-state index >= 15 is 0 Å². The summed E-state index contributed by atoms with van der Waals surface area (Å²) < 4.78 is 0. The minimum Gasteiger partial charge on any atom is -0.478 e. The fourth-order valence-electron chi connectivity index (χ4n) is 3.40. The summed E-state index contributed by atoms with van der Waals surface area (Å²) in [6.07, 6.45) is 2.51. The summed E-state index contributed by atoms with van der Waals surface area (Å²) in [7, 11) is 0. The highest BCUT2D eigenvalue weighted by molar-refractivity contribution is 6.22. The Morgan fingerprint density at radius 1 is 1.10 bits per heavy atom. The molecule has 0 radical (unpaired) electrons. The predicted octanol–water partition coefficient (Wildman–Crippen LogP) is 2.31. The number of carbonyl (C=O) groups excluding carboxylic acids is 2. The van der Waals surface area contributed by atoms with Gasteiger partial charge in [-0.05, 0) is 49.4 Å². The number of fused-ring (bicyclic) bond motifs is 1. The van der Waals surface area contributed by atoms with Gasteiger partial charge in [0.2, 0.25) is 11.8 Å². The molecule has 2 amide bonds. The van der Waals surface area contributed by atoms with Gasteiger partial charge in [-0.15, -0.1) is 0 Å². The molecule has 0 spiro atoms. The van der Waals surface area contributed by atoms with Gasteiger partial charge in [0.1, 0.15) is 0 Å². The first kappa shape index (κ1) is 13.8. The molecule has 5 nitrogen and oxygen atoms in total. The maximum Gasteiger partial charge on any atom is 0.335 e. The molecule has 5 heteroatoms. The van der Waals surface area contributed by atoms with E-state index in [1.807, 2.05) is 0 Å². The SMILES string of the molecule is C[C@H]1CC[C@@H]2C(=O)N(c3ccc(C(=O)O)cc3)C(=O)[C@@H]2C1. The van der Waals surface area contributed by atoms with Crippen LogP contribution in [0.25, 0.3) is 0 Å². The van der Waals surface area contributed by atoms with Crippen molar-refractivity contribution in [2.75, 3.05) is 4.90 Å². The summed E-state index contributed by atoms with van der Waals surface area (Å²) in [5.74, 6) is -1.24. The molecular weight excluding hydrogens is 270 g/mol. The maximum absolute atomic E-state index is 12.5. The number of nitrogens with zero attached hydrogens (tertiary/aromatic N) is 1. The predicted molar refractivity (Wildman–Crippen MR) is 75.9 cm³/mol. The second-order valence-corrected chi connectivity index (χ2v) is 6.00. The average Bonchev–Trinajstić information content (AvgIpc) is 2.70. The monoisotopic (exact) mass is 287 g/mol. The highest BCUT2D eigenvalue weighted by Crippen LogP contribution is 2.42. The lowest BCUT2D eigenvalue weighted by atomic mass is 9.76. The number of rotatable bonds is 2. The Hall–Kier alpha value is -2.17. The number of benzene rings is 1. The summed E-state index contributed by atoms with van der Waals surface area (Å²) in [4.78, 5) is 37.1. The molecule has 2 fully saturated rings. The Labute approximate surface area is 122 Å². The number of aromatic carboxylic acids is 1. The van der Waals surface area contributed by atoms with Crippen LogP contribution in [0, 0.1) is 17.8 Å². The van der Waals surface area contributed by atoms with Crippen LogP contribution in [0.4, 0.5) is 5.69 Å². The van der Waals surface area contributed by atoms with Crippen molar-refractivity contribution in [2.24, 2.45) is 17.8 Å². The van der Waals surface area contributed by atoms with E-state index in [9.17, 15) is 14.4 Å². The third-order valence-electron chi connectivity index (χ3n) is 4.56. The average molecular weight is 287 g/mol. The van der Waals surface area contributed by atoms with E-state index in [-0.39, 0.29) is 29.2 Å². The molecule has 1 N–H and O–H groups in total.